The monoisotopic (exact) mass is 408 g/mol. The van der Waals surface area contributed by atoms with Gasteiger partial charge in [0.25, 0.3) is 5.91 Å². The molecule has 1 fully saturated rings. The van der Waals surface area contributed by atoms with Crippen molar-refractivity contribution in [1.29, 1.82) is 0 Å². The number of carbonyl (C=O) groups is 3. The number of aryl methyl sites for hydroxylation is 1. The first-order valence-corrected chi connectivity index (χ1v) is 10.2. The molecule has 158 valence electrons. The molecular weight excluding hydrogens is 380 g/mol. The third kappa shape index (κ3) is 5.26. The molecule has 30 heavy (non-hydrogen) atoms. The van der Waals surface area contributed by atoms with E-state index in [4.69, 9.17) is 4.74 Å². The highest BCUT2D eigenvalue weighted by molar-refractivity contribution is 5.95. The quantitative estimate of drug-likeness (QED) is 0.710. The molecule has 1 saturated heterocycles. The predicted octanol–water partition coefficient (Wildman–Crippen LogP) is 3.65. The molecule has 1 aliphatic heterocycles. The average Bonchev–Trinajstić information content (AvgIpc) is 3.08. The fourth-order valence-electron chi connectivity index (χ4n) is 3.66. The van der Waals surface area contributed by atoms with Crippen molar-refractivity contribution in [2.45, 2.75) is 39.7 Å². The van der Waals surface area contributed by atoms with Crippen molar-refractivity contribution in [3.05, 3.63) is 65.2 Å². The smallest absolute Gasteiger partial charge is 0.311 e. The van der Waals surface area contributed by atoms with Gasteiger partial charge >= 0.3 is 5.97 Å². The summed E-state index contributed by atoms with van der Waals surface area (Å²) in [6.07, 6.45) is 0.114. The van der Waals surface area contributed by atoms with Gasteiger partial charge in [-0.1, -0.05) is 62.4 Å². The lowest BCUT2D eigenvalue weighted by atomic mass is 9.98. The molecule has 1 heterocycles. The maximum atomic E-state index is 12.4. The van der Waals surface area contributed by atoms with Gasteiger partial charge in [0.15, 0.2) is 6.61 Å². The lowest BCUT2D eigenvalue weighted by Crippen LogP contribution is -2.28. The van der Waals surface area contributed by atoms with Gasteiger partial charge in [0.2, 0.25) is 5.91 Å². The van der Waals surface area contributed by atoms with Crippen LogP contribution >= 0.6 is 0 Å². The number of hydrogen-bond donors (Lipinski definition) is 1. The number of esters is 1. The molecule has 0 aliphatic carbocycles. The summed E-state index contributed by atoms with van der Waals surface area (Å²) in [7, 11) is 0. The highest BCUT2D eigenvalue weighted by Gasteiger charge is 2.35. The number of rotatable bonds is 7. The molecule has 6 nitrogen and oxygen atoms in total. The van der Waals surface area contributed by atoms with Gasteiger partial charge in [-0.25, -0.2) is 0 Å². The van der Waals surface area contributed by atoms with Crippen molar-refractivity contribution >= 4 is 23.5 Å². The minimum Gasteiger partial charge on any atom is -0.455 e. The zero-order valence-electron chi connectivity index (χ0n) is 17.7. The Morgan fingerprint density at radius 2 is 1.87 bits per heavy atom. The molecule has 2 aromatic rings. The topological polar surface area (TPSA) is 75.7 Å². The van der Waals surface area contributed by atoms with Crippen LogP contribution in [0, 0.1) is 12.8 Å². The normalized spacial score (nSPS) is 16.1. The van der Waals surface area contributed by atoms with E-state index in [1.54, 1.807) is 4.90 Å². The first kappa shape index (κ1) is 21.6. The van der Waals surface area contributed by atoms with E-state index in [-0.39, 0.29) is 30.8 Å². The largest absolute Gasteiger partial charge is 0.455 e. The van der Waals surface area contributed by atoms with E-state index in [2.05, 4.69) is 19.2 Å². The van der Waals surface area contributed by atoms with Crippen molar-refractivity contribution < 1.29 is 19.1 Å². The molecule has 0 unspecified atom stereocenters. The molecule has 2 amide bonds. The van der Waals surface area contributed by atoms with E-state index in [1.165, 1.54) is 0 Å². The van der Waals surface area contributed by atoms with Gasteiger partial charge in [-0.05, 0) is 29.5 Å². The Balaban J connectivity index is 1.52. The van der Waals surface area contributed by atoms with Crippen LogP contribution < -0.4 is 5.32 Å². The summed E-state index contributed by atoms with van der Waals surface area (Å²) in [6.45, 7) is 6.46. The minimum atomic E-state index is -0.543. The van der Waals surface area contributed by atoms with E-state index in [0.717, 1.165) is 22.4 Å². The molecule has 1 N–H and O–H groups in total. The number of nitrogens with one attached hydrogen (secondary N) is 1. The number of ether oxygens (including phenoxy) is 1. The highest BCUT2D eigenvalue weighted by atomic mass is 16.5. The summed E-state index contributed by atoms with van der Waals surface area (Å²) < 4.78 is 5.22. The number of carbonyl (C=O) groups excluding carboxylic acids is 3. The SMILES string of the molecule is Cc1cccc(C(C)C)c1NC(=O)COC(=O)[C@H]1CC(=O)N(Cc2ccccc2)C1. The Morgan fingerprint density at radius 3 is 2.57 bits per heavy atom. The Bertz CT molecular complexity index is 924. The molecular formula is C24H28N2O4. The molecule has 0 spiro atoms. The molecule has 0 bridgehead atoms. The second-order valence-electron chi connectivity index (χ2n) is 8.01. The van der Waals surface area contributed by atoms with Gasteiger partial charge in [-0.15, -0.1) is 0 Å². The summed E-state index contributed by atoms with van der Waals surface area (Å²) in [5.41, 5.74) is 3.77. The van der Waals surface area contributed by atoms with Gasteiger partial charge in [0, 0.05) is 25.2 Å². The van der Waals surface area contributed by atoms with E-state index in [9.17, 15) is 14.4 Å². The number of benzene rings is 2. The third-order valence-corrected chi connectivity index (χ3v) is 5.30. The molecule has 1 aliphatic rings. The molecule has 0 aromatic heterocycles. The summed E-state index contributed by atoms with van der Waals surface area (Å²) in [4.78, 5) is 38.7. The fourth-order valence-corrected chi connectivity index (χ4v) is 3.66. The van der Waals surface area contributed by atoms with Crippen LogP contribution in [0.25, 0.3) is 0 Å². The summed E-state index contributed by atoms with van der Waals surface area (Å²) in [5.74, 6) is -1.26. The van der Waals surface area contributed by atoms with Gasteiger partial charge in [-0.3, -0.25) is 14.4 Å². The first-order valence-electron chi connectivity index (χ1n) is 10.2. The molecule has 0 radical (unpaired) electrons. The van der Waals surface area contributed by atoms with Crippen molar-refractivity contribution in [2.75, 3.05) is 18.5 Å². The van der Waals surface area contributed by atoms with Crippen LogP contribution in [0.1, 0.15) is 42.9 Å². The van der Waals surface area contributed by atoms with Crippen LogP contribution in [0.5, 0.6) is 0 Å². The molecule has 3 rings (SSSR count). The van der Waals surface area contributed by atoms with Crippen molar-refractivity contribution in [2.24, 2.45) is 5.92 Å². The second kappa shape index (κ2) is 9.57. The molecule has 6 heteroatoms. The number of amides is 2. The van der Waals surface area contributed by atoms with E-state index < -0.39 is 11.9 Å². The van der Waals surface area contributed by atoms with E-state index in [1.807, 2.05) is 55.5 Å². The zero-order valence-corrected chi connectivity index (χ0v) is 17.7. The average molecular weight is 408 g/mol. The summed E-state index contributed by atoms with van der Waals surface area (Å²) >= 11 is 0. The third-order valence-electron chi connectivity index (χ3n) is 5.30. The molecule has 2 aromatic carbocycles. The van der Waals surface area contributed by atoms with Gasteiger partial charge < -0.3 is 15.0 Å². The number of anilines is 1. The Hall–Kier alpha value is -3.15. The van der Waals surface area contributed by atoms with Crippen molar-refractivity contribution in [3.8, 4) is 0 Å². The zero-order chi connectivity index (χ0) is 21.7. The summed E-state index contributed by atoms with van der Waals surface area (Å²) in [6, 6.07) is 15.5. The Kier molecular flexibility index (Phi) is 6.87. The first-order chi connectivity index (χ1) is 14.3. The van der Waals surface area contributed by atoms with Crippen LogP contribution in [-0.4, -0.2) is 35.8 Å². The Morgan fingerprint density at radius 1 is 1.13 bits per heavy atom. The highest BCUT2D eigenvalue weighted by Crippen LogP contribution is 2.27. The van der Waals surface area contributed by atoms with Crippen molar-refractivity contribution in [1.82, 2.24) is 4.90 Å². The number of hydrogen-bond acceptors (Lipinski definition) is 4. The van der Waals surface area contributed by atoms with Crippen LogP contribution in [0.4, 0.5) is 5.69 Å². The van der Waals surface area contributed by atoms with Crippen LogP contribution in [0.15, 0.2) is 48.5 Å². The number of para-hydroxylation sites is 1. The van der Waals surface area contributed by atoms with E-state index >= 15 is 0 Å². The second-order valence-corrected chi connectivity index (χ2v) is 8.01. The maximum absolute atomic E-state index is 12.4. The standard InChI is InChI=1S/C24H28N2O4/c1-16(2)20-11-7-8-17(3)23(20)25-21(27)15-30-24(29)19-12-22(28)26(14-19)13-18-9-5-4-6-10-18/h4-11,16,19H,12-15H2,1-3H3,(H,25,27)/t19-/m0/s1. The van der Waals surface area contributed by atoms with Crippen LogP contribution in [0.2, 0.25) is 0 Å². The minimum absolute atomic E-state index is 0.0771. The van der Waals surface area contributed by atoms with Crippen molar-refractivity contribution in [3.63, 3.8) is 0 Å². The lowest BCUT2D eigenvalue weighted by molar-refractivity contribution is -0.151. The fraction of sp³-hybridized carbons (Fsp3) is 0.375. The molecule has 0 saturated carbocycles. The maximum Gasteiger partial charge on any atom is 0.311 e. The van der Waals surface area contributed by atoms with E-state index in [0.29, 0.717) is 13.1 Å². The van der Waals surface area contributed by atoms with Gasteiger partial charge in [0.05, 0.1) is 5.92 Å². The predicted molar refractivity (Wildman–Crippen MR) is 115 cm³/mol. The van der Waals surface area contributed by atoms with Gasteiger partial charge in [-0.2, -0.15) is 0 Å². The Labute approximate surface area is 177 Å². The molecule has 1 atom stereocenters. The summed E-state index contributed by atoms with van der Waals surface area (Å²) in [5, 5.41) is 2.86. The number of nitrogens with zero attached hydrogens (tertiary/aromatic N) is 1. The lowest BCUT2D eigenvalue weighted by Gasteiger charge is -2.17. The van der Waals surface area contributed by atoms with Crippen LogP contribution in [-0.2, 0) is 25.7 Å². The number of likely N-dealkylation sites (tertiary alicyclic amines) is 1. The van der Waals surface area contributed by atoms with Gasteiger partial charge in [0.1, 0.15) is 0 Å². The van der Waals surface area contributed by atoms with Crippen LogP contribution in [0.3, 0.4) is 0 Å².